The van der Waals surface area contributed by atoms with Crippen molar-refractivity contribution < 1.29 is 22.8 Å². The summed E-state index contributed by atoms with van der Waals surface area (Å²) in [7, 11) is 0. The lowest BCUT2D eigenvalue weighted by Gasteiger charge is -2.30. The Balaban J connectivity index is 1.56. The Kier molecular flexibility index (Phi) is 6.51. The second-order valence-electron chi connectivity index (χ2n) is 10.3. The van der Waals surface area contributed by atoms with Gasteiger partial charge in [-0.25, -0.2) is 0 Å². The van der Waals surface area contributed by atoms with Crippen LogP contribution in [0.5, 0.6) is 0 Å². The first-order valence-electron chi connectivity index (χ1n) is 11.1. The molecule has 0 saturated carbocycles. The standard InChI is InChI=1S/C25H26Cl2F3N3O2/c1-14-5-15-11-33(12-16(15)6-20(14)22(34)31-13-23(2,3)4)21-10-24(35-32-21,25(28,29)30)17-7-18(26)9-19(27)8-17/h5-9H,10-13H2,1-4H3,(H,31,34). The molecule has 0 aromatic heterocycles. The highest BCUT2D eigenvalue weighted by atomic mass is 35.5. The number of rotatable bonds is 3. The highest BCUT2D eigenvalue weighted by molar-refractivity contribution is 6.34. The minimum atomic E-state index is -4.76. The Bertz CT molecular complexity index is 1190. The van der Waals surface area contributed by atoms with Gasteiger partial charge in [-0.15, -0.1) is 0 Å². The summed E-state index contributed by atoms with van der Waals surface area (Å²) in [6.45, 7) is 9.16. The molecule has 1 atom stereocenters. The molecule has 0 spiro atoms. The van der Waals surface area contributed by atoms with Crippen molar-refractivity contribution in [1.82, 2.24) is 10.2 Å². The van der Waals surface area contributed by atoms with Crippen molar-refractivity contribution in [3.05, 3.63) is 68.2 Å². The molecule has 2 aliphatic rings. The number of alkyl halides is 3. The van der Waals surface area contributed by atoms with Crippen LogP contribution in [-0.2, 0) is 23.5 Å². The van der Waals surface area contributed by atoms with E-state index in [0.717, 1.165) is 16.7 Å². The lowest BCUT2D eigenvalue weighted by atomic mass is 9.89. The van der Waals surface area contributed by atoms with E-state index in [1.54, 1.807) is 4.90 Å². The molecule has 188 valence electrons. The number of amidine groups is 1. The number of hydrogen-bond acceptors (Lipinski definition) is 4. The maximum Gasteiger partial charge on any atom is 0.435 e. The summed E-state index contributed by atoms with van der Waals surface area (Å²) in [5, 5.41) is 6.96. The molecule has 1 amide bonds. The van der Waals surface area contributed by atoms with Crippen molar-refractivity contribution in [2.75, 3.05) is 6.54 Å². The van der Waals surface area contributed by atoms with Crippen LogP contribution in [0.15, 0.2) is 35.5 Å². The average molecular weight is 528 g/mol. The van der Waals surface area contributed by atoms with E-state index >= 15 is 0 Å². The van der Waals surface area contributed by atoms with E-state index in [2.05, 4.69) is 10.5 Å². The van der Waals surface area contributed by atoms with Gasteiger partial charge >= 0.3 is 6.18 Å². The highest BCUT2D eigenvalue weighted by Gasteiger charge is 2.63. The lowest BCUT2D eigenvalue weighted by Crippen LogP contribution is -2.43. The summed E-state index contributed by atoms with van der Waals surface area (Å²) in [6.07, 6.45) is -5.27. The maximum absolute atomic E-state index is 14.3. The van der Waals surface area contributed by atoms with Gasteiger partial charge in [-0.1, -0.05) is 55.2 Å². The van der Waals surface area contributed by atoms with Gasteiger partial charge < -0.3 is 15.1 Å². The molecule has 0 radical (unpaired) electrons. The first-order chi connectivity index (χ1) is 16.2. The SMILES string of the molecule is Cc1cc2c(cc1C(=O)NCC(C)(C)C)CN(C1=NOC(c3cc(Cl)cc(Cl)c3)(C(F)(F)F)C1)C2. The topological polar surface area (TPSA) is 53.9 Å². The first kappa shape index (κ1) is 25.6. The molecule has 5 nitrogen and oxygen atoms in total. The van der Waals surface area contributed by atoms with Crippen LogP contribution < -0.4 is 5.32 Å². The number of nitrogens with one attached hydrogen (secondary N) is 1. The second-order valence-corrected chi connectivity index (χ2v) is 11.2. The largest absolute Gasteiger partial charge is 0.435 e. The van der Waals surface area contributed by atoms with Gasteiger partial charge in [0.05, 0.1) is 6.42 Å². The van der Waals surface area contributed by atoms with Gasteiger partial charge in [-0.05, 0) is 53.3 Å². The van der Waals surface area contributed by atoms with Gasteiger partial charge in [-0.3, -0.25) is 4.79 Å². The van der Waals surface area contributed by atoms with Crippen LogP contribution in [-0.4, -0.2) is 29.4 Å². The molecule has 2 aromatic rings. The molecule has 2 aromatic carbocycles. The normalized spacial score (nSPS) is 19.9. The van der Waals surface area contributed by atoms with Crippen LogP contribution in [0.25, 0.3) is 0 Å². The number of nitrogens with zero attached hydrogens (tertiary/aromatic N) is 2. The molecule has 4 rings (SSSR count). The highest BCUT2D eigenvalue weighted by Crippen LogP contribution is 2.50. The third kappa shape index (κ3) is 5.09. The number of carbonyl (C=O) groups excluding carboxylic acids is 1. The number of amides is 1. The van der Waals surface area contributed by atoms with Crippen LogP contribution in [0.1, 0.15) is 59.8 Å². The number of carbonyl (C=O) groups is 1. The Morgan fingerprint density at radius 1 is 1.09 bits per heavy atom. The number of fused-ring (bicyclic) bond motifs is 1. The van der Waals surface area contributed by atoms with Crippen molar-refractivity contribution in [3.63, 3.8) is 0 Å². The molecule has 10 heteroatoms. The fourth-order valence-electron chi connectivity index (χ4n) is 4.29. The summed E-state index contributed by atoms with van der Waals surface area (Å²) in [6, 6.07) is 7.48. The van der Waals surface area contributed by atoms with Gasteiger partial charge in [0.15, 0.2) is 0 Å². The maximum atomic E-state index is 14.3. The van der Waals surface area contributed by atoms with Crippen molar-refractivity contribution in [2.45, 2.75) is 59.0 Å². The zero-order valence-corrected chi connectivity index (χ0v) is 21.3. The van der Waals surface area contributed by atoms with Gasteiger partial charge in [0.1, 0.15) is 5.84 Å². The number of oxime groups is 1. The molecule has 0 bridgehead atoms. The van der Waals surface area contributed by atoms with Gasteiger partial charge in [0.25, 0.3) is 11.5 Å². The summed E-state index contributed by atoms with van der Waals surface area (Å²) in [5.41, 5.74) is 0.224. The van der Waals surface area contributed by atoms with Gasteiger partial charge in [0.2, 0.25) is 0 Å². The zero-order chi connectivity index (χ0) is 25.8. The van der Waals surface area contributed by atoms with Crippen molar-refractivity contribution in [1.29, 1.82) is 0 Å². The van der Waals surface area contributed by atoms with E-state index in [-0.39, 0.29) is 32.8 Å². The third-order valence-electron chi connectivity index (χ3n) is 6.16. The molecular formula is C25H26Cl2F3N3O2. The number of halogens is 5. The molecular weight excluding hydrogens is 502 g/mol. The smallest absolute Gasteiger partial charge is 0.372 e. The average Bonchev–Trinajstić information content (AvgIpc) is 3.34. The lowest BCUT2D eigenvalue weighted by molar-refractivity contribution is -0.275. The fraction of sp³-hybridized carbons (Fsp3) is 0.440. The van der Waals surface area contributed by atoms with E-state index in [1.165, 1.54) is 18.2 Å². The van der Waals surface area contributed by atoms with Crippen LogP contribution in [0.3, 0.4) is 0 Å². The Morgan fingerprint density at radius 2 is 1.69 bits per heavy atom. The third-order valence-corrected chi connectivity index (χ3v) is 6.60. The van der Waals surface area contributed by atoms with Crippen LogP contribution >= 0.6 is 23.2 Å². The Labute approximate surface area is 212 Å². The zero-order valence-electron chi connectivity index (χ0n) is 19.8. The minimum Gasteiger partial charge on any atom is -0.372 e. The van der Waals surface area contributed by atoms with Gasteiger partial charge in [0, 0.05) is 40.8 Å². The summed E-state index contributed by atoms with van der Waals surface area (Å²) < 4.78 is 42.9. The Morgan fingerprint density at radius 3 is 2.26 bits per heavy atom. The van der Waals surface area contributed by atoms with Crippen molar-refractivity contribution in [3.8, 4) is 0 Å². The molecule has 0 aliphatic carbocycles. The molecule has 2 aliphatic heterocycles. The molecule has 0 fully saturated rings. The number of benzene rings is 2. The summed E-state index contributed by atoms with van der Waals surface area (Å²) in [5.74, 6) is 0.000138. The quantitative estimate of drug-likeness (QED) is 0.490. The molecule has 35 heavy (non-hydrogen) atoms. The second kappa shape index (κ2) is 8.89. The minimum absolute atomic E-state index is 0.0596. The van der Waals surface area contributed by atoms with Crippen LogP contribution in [0.4, 0.5) is 13.2 Å². The van der Waals surface area contributed by atoms with Crippen LogP contribution in [0, 0.1) is 12.3 Å². The summed E-state index contributed by atoms with van der Waals surface area (Å²) >= 11 is 12.0. The molecule has 1 unspecified atom stereocenters. The predicted molar refractivity (Wildman–Crippen MR) is 130 cm³/mol. The molecule has 1 N–H and O–H groups in total. The molecule has 0 saturated heterocycles. The van der Waals surface area contributed by atoms with E-state index < -0.39 is 18.2 Å². The van der Waals surface area contributed by atoms with Gasteiger partial charge in [-0.2, -0.15) is 13.2 Å². The van der Waals surface area contributed by atoms with E-state index in [4.69, 9.17) is 28.0 Å². The molecule has 2 heterocycles. The van der Waals surface area contributed by atoms with Crippen molar-refractivity contribution >= 4 is 34.9 Å². The first-order valence-corrected chi connectivity index (χ1v) is 11.9. The predicted octanol–water partition coefficient (Wildman–Crippen LogP) is 6.58. The fourth-order valence-corrected chi connectivity index (χ4v) is 4.81. The van der Waals surface area contributed by atoms with E-state index in [1.807, 2.05) is 39.8 Å². The number of aryl methyl sites for hydroxylation is 1. The summed E-state index contributed by atoms with van der Waals surface area (Å²) in [4.78, 5) is 19.6. The van der Waals surface area contributed by atoms with E-state index in [0.29, 0.717) is 25.2 Å². The Hall–Kier alpha value is -2.45. The van der Waals surface area contributed by atoms with Crippen LogP contribution in [0.2, 0.25) is 10.0 Å². The monoisotopic (exact) mass is 527 g/mol. The number of hydrogen-bond donors (Lipinski definition) is 1. The van der Waals surface area contributed by atoms with Crippen molar-refractivity contribution in [2.24, 2.45) is 10.6 Å². The van der Waals surface area contributed by atoms with E-state index in [9.17, 15) is 18.0 Å².